The number of hydrogen-bond donors (Lipinski definition) is 1. The van der Waals surface area contributed by atoms with Crippen molar-refractivity contribution in [2.75, 3.05) is 0 Å². The summed E-state index contributed by atoms with van der Waals surface area (Å²) < 4.78 is 0. The first-order valence-electron chi connectivity index (χ1n) is 8.90. The minimum Gasteiger partial charge on any atom is -0.389 e. The normalized spacial score (nSPS) is 57.9. The molecule has 3 saturated carbocycles. The molecule has 7 atom stereocenters. The third-order valence-corrected chi connectivity index (χ3v) is 7.95. The van der Waals surface area contributed by atoms with Gasteiger partial charge in [0.2, 0.25) is 0 Å². The summed E-state index contributed by atoms with van der Waals surface area (Å²) in [6.45, 7) is 5.09. The monoisotopic (exact) mass is 274 g/mol. The highest BCUT2D eigenvalue weighted by Gasteiger charge is 2.56. The molecule has 0 saturated heterocycles. The summed E-state index contributed by atoms with van der Waals surface area (Å²) in [7, 11) is 0. The second-order valence-electron chi connectivity index (χ2n) is 8.76. The van der Waals surface area contributed by atoms with E-state index >= 15 is 0 Å². The van der Waals surface area contributed by atoms with Crippen molar-refractivity contribution in [2.24, 2.45) is 34.5 Å². The van der Waals surface area contributed by atoms with E-state index in [4.69, 9.17) is 0 Å². The maximum absolute atomic E-state index is 9.96. The van der Waals surface area contributed by atoms with Gasteiger partial charge in [-0.1, -0.05) is 32.4 Å². The van der Waals surface area contributed by atoms with Gasteiger partial charge in [-0.3, -0.25) is 0 Å². The first-order valence-corrected chi connectivity index (χ1v) is 8.90. The van der Waals surface area contributed by atoms with E-state index in [1.165, 1.54) is 44.9 Å². The van der Waals surface area contributed by atoms with Gasteiger partial charge in [0.1, 0.15) is 0 Å². The third-order valence-electron chi connectivity index (χ3n) is 7.95. The van der Waals surface area contributed by atoms with Crippen molar-refractivity contribution in [1.29, 1.82) is 0 Å². The minimum atomic E-state index is -0.176. The molecule has 7 unspecified atom stereocenters. The Bertz CT molecular complexity index is 427. The van der Waals surface area contributed by atoms with Gasteiger partial charge in [0.25, 0.3) is 0 Å². The summed E-state index contributed by atoms with van der Waals surface area (Å²) in [5.74, 6) is 3.59. The van der Waals surface area contributed by atoms with E-state index in [2.05, 4.69) is 26.0 Å². The maximum atomic E-state index is 9.96. The second-order valence-corrected chi connectivity index (χ2v) is 8.76. The van der Waals surface area contributed by atoms with Crippen molar-refractivity contribution in [2.45, 2.75) is 71.3 Å². The molecule has 4 aliphatic carbocycles. The van der Waals surface area contributed by atoms with Crippen LogP contribution in [0, 0.1) is 34.5 Å². The van der Waals surface area contributed by atoms with Gasteiger partial charge in [0.05, 0.1) is 6.10 Å². The molecule has 1 heteroatoms. The van der Waals surface area contributed by atoms with E-state index < -0.39 is 0 Å². The molecule has 4 aliphatic rings. The predicted octanol–water partition coefficient (Wildman–Crippen LogP) is 4.56. The van der Waals surface area contributed by atoms with Crippen LogP contribution < -0.4 is 0 Å². The number of hydrogen-bond acceptors (Lipinski definition) is 1. The maximum Gasteiger partial charge on any atom is 0.0724 e. The quantitative estimate of drug-likeness (QED) is 0.642. The van der Waals surface area contributed by atoms with Crippen LogP contribution in [0.4, 0.5) is 0 Å². The molecule has 0 heterocycles. The van der Waals surface area contributed by atoms with E-state index in [9.17, 15) is 5.11 Å². The fourth-order valence-electron chi connectivity index (χ4n) is 6.78. The van der Waals surface area contributed by atoms with Gasteiger partial charge in [-0.05, 0) is 79.4 Å². The fourth-order valence-corrected chi connectivity index (χ4v) is 6.78. The molecule has 1 nitrogen and oxygen atoms in total. The highest BCUT2D eigenvalue weighted by Crippen LogP contribution is 2.65. The molecule has 0 aromatic carbocycles. The van der Waals surface area contributed by atoms with Crippen molar-refractivity contribution < 1.29 is 5.11 Å². The van der Waals surface area contributed by atoms with Gasteiger partial charge in [0.15, 0.2) is 0 Å². The van der Waals surface area contributed by atoms with E-state index in [-0.39, 0.29) is 6.10 Å². The summed E-state index contributed by atoms with van der Waals surface area (Å²) in [4.78, 5) is 0. The Hall–Kier alpha value is -0.300. The third kappa shape index (κ3) is 1.71. The number of allylic oxidation sites excluding steroid dienone is 1. The van der Waals surface area contributed by atoms with Crippen molar-refractivity contribution in [3.63, 3.8) is 0 Å². The van der Waals surface area contributed by atoms with Gasteiger partial charge in [-0.2, -0.15) is 0 Å². The van der Waals surface area contributed by atoms with E-state index in [0.29, 0.717) is 10.8 Å². The van der Waals surface area contributed by atoms with Crippen LogP contribution in [0.25, 0.3) is 0 Å². The lowest BCUT2D eigenvalue weighted by Gasteiger charge is -2.58. The SMILES string of the molecule is CC12CCCC1C1CCC3CC(O)C=CC3(C)C1CC2. The molecule has 0 radical (unpaired) electrons. The smallest absolute Gasteiger partial charge is 0.0724 e. The first-order chi connectivity index (χ1) is 9.53. The Morgan fingerprint density at radius 2 is 1.85 bits per heavy atom. The summed E-state index contributed by atoms with van der Waals surface area (Å²) in [5, 5.41) is 9.96. The van der Waals surface area contributed by atoms with Gasteiger partial charge >= 0.3 is 0 Å². The Labute approximate surface area is 123 Å². The number of aliphatic hydroxyl groups excluding tert-OH is 1. The van der Waals surface area contributed by atoms with Crippen LogP contribution in [0.15, 0.2) is 12.2 Å². The molecule has 0 aromatic rings. The predicted molar refractivity (Wildman–Crippen MR) is 82.3 cm³/mol. The van der Waals surface area contributed by atoms with Gasteiger partial charge < -0.3 is 5.11 Å². The molecule has 0 aliphatic heterocycles. The van der Waals surface area contributed by atoms with Crippen LogP contribution in [0.1, 0.15) is 65.2 Å². The van der Waals surface area contributed by atoms with Crippen LogP contribution in [0.5, 0.6) is 0 Å². The average molecular weight is 274 g/mol. The Balaban J connectivity index is 1.67. The zero-order valence-electron chi connectivity index (χ0n) is 13.1. The van der Waals surface area contributed by atoms with Gasteiger partial charge in [-0.15, -0.1) is 0 Å². The average Bonchev–Trinajstić information content (AvgIpc) is 2.81. The first kappa shape index (κ1) is 13.4. The molecule has 4 rings (SSSR count). The van der Waals surface area contributed by atoms with Crippen LogP contribution in [-0.4, -0.2) is 11.2 Å². The fraction of sp³-hybridized carbons (Fsp3) is 0.895. The molecule has 20 heavy (non-hydrogen) atoms. The molecule has 112 valence electrons. The molecular weight excluding hydrogens is 244 g/mol. The van der Waals surface area contributed by atoms with E-state index in [1.807, 2.05) is 0 Å². The lowest BCUT2D eigenvalue weighted by Crippen LogP contribution is -2.51. The summed E-state index contributed by atoms with van der Waals surface area (Å²) in [6, 6.07) is 0. The topological polar surface area (TPSA) is 20.2 Å². The Kier molecular flexibility index (Phi) is 2.91. The van der Waals surface area contributed by atoms with Crippen LogP contribution in [0.3, 0.4) is 0 Å². The van der Waals surface area contributed by atoms with Gasteiger partial charge in [-0.25, -0.2) is 0 Å². The minimum absolute atomic E-state index is 0.176. The Morgan fingerprint density at radius 1 is 1.00 bits per heavy atom. The van der Waals surface area contributed by atoms with Crippen molar-refractivity contribution in [3.8, 4) is 0 Å². The van der Waals surface area contributed by atoms with Crippen molar-refractivity contribution in [1.82, 2.24) is 0 Å². The molecule has 0 amide bonds. The number of aliphatic hydroxyl groups is 1. The molecular formula is C19H30O. The Morgan fingerprint density at radius 3 is 2.70 bits per heavy atom. The van der Waals surface area contributed by atoms with E-state index in [0.717, 1.165) is 30.1 Å². The summed E-state index contributed by atoms with van der Waals surface area (Å²) in [6.07, 6.45) is 15.5. The van der Waals surface area contributed by atoms with Crippen LogP contribution in [-0.2, 0) is 0 Å². The van der Waals surface area contributed by atoms with Crippen LogP contribution in [0.2, 0.25) is 0 Å². The molecule has 3 fully saturated rings. The van der Waals surface area contributed by atoms with Crippen LogP contribution >= 0.6 is 0 Å². The molecule has 0 aromatic heterocycles. The zero-order valence-corrected chi connectivity index (χ0v) is 13.1. The molecule has 0 spiro atoms. The van der Waals surface area contributed by atoms with E-state index in [1.54, 1.807) is 0 Å². The highest BCUT2D eigenvalue weighted by atomic mass is 16.3. The highest BCUT2D eigenvalue weighted by molar-refractivity contribution is 5.16. The van der Waals surface area contributed by atoms with Crippen molar-refractivity contribution in [3.05, 3.63) is 12.2 Å². The number of fused-ring (bicyclic) bond motifs is 5. The van der Waals surface area contributed by atoms with Gasteiger partial charge in [0, 0.05) is 0 Å². The largest absolute Gasteiger partial charge is 0.389 e. The number of rotatable bonds is 0. The summed E-state index contributed by atoms with van der Waals surface area (Å²) >= 11 is 0. The zero-order chi connectivity index (χ0) is 14.0. The summed E-state index contributed by atoms with van der Waals surface area (Å²) in [5.41, 5.74) is 1.05. The standard InChI is InChI=1S/C19H30O/c1-18-9-3-4-16(18)15-6-5-13-12-14(20)7-11-19(13,2)17(15)8-10-18/h7,11,13-17,20H,3-6,8-10,12H2,1-2H3. The van der Waals surface area contributed by atoms with Crippen molar-refractivity contribution >= 4 is 0 Å². The lowest BCUT2D eigenvalue weighted by molar-refractivity contribution is -0.0760. The second kappa shape index (κ2) is 4.35. The molecule has 0 bridgehead atoms. The lowest BCUT2D eigenvalue weighted by atomic mass is 9.46. The molecule has 1 N–H and O–H groups in total.